The molecule has 0 saturated carbocycles. The molecule has 2 aliphatic heterocycles. The number of rotatable bonds is 7. The van der Waals surface area contributed by atoms with Crippen LogP contribution in [-0.4, -0.2) is 85.5 Å². The van der Waals surface area contributed by atoms with Gasteiger partial charge in [-0.1, -0.05) is 44.2 Å². The van der Waals surface area contributed by atoms with E-state index in [1.54, 1.807) is 0 Å². The second-order valence-corrected chi connectivity index (χ2v) is 8.52. The van der Waals surface area contributed by atoms with Crippen molar-refractivity contribution in [2.45, 2.75) is 45.6 Å². The lowest BCUT2D eigenvalue weighted by molar-refractivity contribution is -0.131. The summed E-state index contributed by atoms with van der Waals surface area (Å²) < 4.78 is 0. The summed E-state index contributed by atoms with van der Waals surface area (Å²) >= 11 is 0. The predicted molar refractivity (Wildman–Crippen MR) is 124 cm³/mol. The van der Waals surface area contributed by atoms with Gasteiger partial charge in [-0.3, -0.25) is 14.7 Å². The van der Waals surface area contributed by atoms with E-state index < -0.39 is 0 Å². The fourth-order valence-corrected chi connectivity index (χ4v) is 4.90. The summed E-state index contributed by atoms with van der Waals surface area (Å²) in [7, 11) is 1.81. The number of nitrogens with zero attached hydrogens (tertiary/aromatic N) is 4. The zero-order valence-electron chi connectivity index (χ0n) is 19.0. The Morgan fingerprint density at radius 1 is 1.07 bits per heavy atom. The largest absolute Gasteiger partial charge is 0.347 e. The normalized spacial score (nSPS) is 20.8. The Morgan fingerprint density at radius 3 is 2.37 bits per heavy atom. The molecule has 1 amide bonds. The second kappa shape index (κ2) is 11.3. The summed E-state index contributed by atoms with van der Waals surface area (Å²) in [6.07, 6.45) is 4.46. The Labute approximate surface area is 182 Å². The van der Waals surface area contributed by atoms with Crippen LogP contribution in [0.3, 0.4) is 0 Å². The number of likely N-dealkylation sites (tertiary alicyclic amines) is 2. The van der Waals surface area contributed by atoms with Gasteiger partial charge in [-0.2, -0.15) is 0 Å². The van der Waals surface area contributed by atoms with Crippen molar-refractivity contribution in [1.29, 1.82) is 0 Å². The molecule has 1 unspecified atom stereocenters. The summed E-state index contributed by atoms with van der Waals surface area (Å²) in [5, 5.41) is 3.32. The molecule has 166 valence electrons. The van der Waals surface area contributed by atoms with E-state index in [0.717, 1.165) is 70.9 Å². The first-order valence-electron chi connectivity index (χ1n) is 11.7. The molecule has 0 spiro atoms. The first kappa shape index (κ1) is 22.6. The molecule has 1 N–H and O–H groups in total. The molecule has 0 radical (unpaired) electrons. The fourth-order valence-electron chi connectivity index (χ4n) is 4.90. The van der Waals surface area contributed by atoms with Gasteiger partial charge in [-0.05, 0) is 50.3 Å². The monoisotopic (exact) mass is 413 g/mol. The summed E-state index contributed by atoms with van der Waals surface area (Å²) in [6, 6.07) is 11.3. The van der Waals surface area contributed by atoms with E-state index in [4.69, 9.17) is 0 Å². The van der Waals surface area contributed by atoms with Gasteiger partial charge < -0.3 is 15.1 Å². The predicted octanol–water partition coefficient (Wildman–Crippen LogP) is 2.46. The zero-order chi connectivity index (χ0) is 21.3. The maximum absolute atomic E-state index is 12.7. The van der Waals surface area contributed by atoms with Gasteiger partial charge in [0, 0.05) is 39.3 Å². The number of piperidine rings is 1. The first-order valence-corrected chi connectivity index (χ1v) is 11.7. The van der Waals surface area contributed by atoms with Crippen molar-refractivity contribution in [3.05, 3.63) is 35.9 Å². The van der Waals surface area contributed by atoms with Crippen LogP contribution in [-0.2, 0) is 11.2 Å². The second-order valence-electron chi connectivity index (χ2n) is 8.52. The molecular weight excluding hydrogens is 374 g/mol. The number of hydrogen-bond donors (Lipinski definition) is 1. The highest BCUT2D eigenvalue weighted by Crippen LogP contribution is 2.21. The molecule has 2 aliphatic rings. The number of benzene rings is 1. The Morgan fingerprint density at radius 2 is 1.73 bits per heavy atom. The van der Waals surface area contributed by atoms with E-state index in [9.17, 15) is 4.79 Å². The Kier molecular flexibility index (Phi) is 8.55. The van der Waals surface area contributed by atoms with E-state index in [2.05, 4.69) is 64.3 Å². The lowest BCUT2D eigenvalue weighted by atomic mass is 9.90. The van der Waals surface area contributed by atoms with Gasteiger partial charge in [0.2, 0.25) is 5.91 Å². The molecule has 2 heterocycles. The average molecular weight is 414 g/mol. The SMILES string of the molecule is CCN(CC)C1CCN(C(=NC)NCC(=O)N2CCC(Cc3ccccc3)CC2)C1. The summed E-state index contributed by atoms with van der Waals surface area (Å²) in [5.74, 6) is 1.73. The van der Waals surface area contributed by atoms with Crippen molar-refractivity contribution in [3.8, 4) is 0 Å². The molecule has 1 atom stereocenters. The molecule has 1 aromatic rings. The van der Waals surface area contributed by atoms with Gasteiger partial charge in [0.25, 0.3) is 0 Å². The quantitative estimate of drug-likeness (QED) is 0.551. The third-order valence-electron chi connectivity index (χ3n) is 6.74. The van der Waals surface area contributed by atoms with E-state index in [-0.39, 0.29) is 5.91 Å². The van der Waals surface area contributed by atoms with Crippen LogP contribution in [0.4, 0.5) is 0 Å². The molecule has 1 aromatic carbocycles. The fraction of sp³-hybridized carbons (Fsp3) is 0.667. The van der Waals surface area contributed by atoms with Crippen LogP contribution in [0.5, 0.6) is 0 Å². The van der Waals surface area contributed by atoms with Gasteiger partial charge in [0.1, 0.15) is 0 Å². The van der Waals surface area contributed by atoms with Crippen molar-refractivity contribution in [3.63, 3.8) is 0 Å². The molecule has 0 bridgehead atoms. The van der Waals surface area contributed by atoms with E-state index in [1.165, 1.54) is 5.56 Å². The maximum Gasteiger partial charge on any atom is 0.241 e. The number of aliphatic imine (C=N–C) groups is 1. The van der Waals surface area contributed by atoms with Crippen LogP contribution < -0.4 is 5.32 Å². The Bertz CT molecular complexity index is 680. The molecule has 6 heteroatoms. The average Bonchev–Trinajstić information content (AvgIpc) is 3.26. The third-order valence-corrected chi connectivity index (χ3v) is 6.74. The van der Waals surface area contributed by atoms with Gasteiger partial charge in [-0.25, -0.2) is 0 Å². The minimum atomic E-state index is 0.189. The van der Waals surface area contributed by atoms with Crippen LogP contribution in [0.15, 0.2) is 35.3 Å². The number of carbonyl (C=O) groups is 1. The van der Waals surface area contributed by atoms with Gasteiger partial charge in [-0.15, -0.1) is 0 Å². The molecule has 6 nitrogen and oxygen atoms in total. The van der Waals surface area contributed by atoms with Crippen LogP contribution >= 0.6 is 0 Å². The molecule has 2 fully saturated rings. The minimum absolute atomic E-state index is 0.189. The van der Waals surface area contributed by atoms with Crippen LogP contribution in [0, 0.1) is 5.92 Å². The summed E-state index contributed by atoms with van der Waals surface area (Å²) in [4.78, 5) is 24.0. The Balaban J connectivity index is 1.41. The highest BCUT2D eigenvalue weighted by Gasteiger charge is 2.29. The molecule has 30 heavy (non-hydrogen) atoms. The Hall–Kier alpha value is -2.08. The topological polar surface area (TPSA) is 51.2 Å². The molecular formula is C24H39N5O. The number of likely N-dealkylation sites (N-methyl/N-ethyl adjacent to an activating group) is 1. The number of hydrogen-bond acceptors (Lipinski definition) is 3. The molecule has 0 aromatic heterocycles. The standard InChI is InChI=1S/C24H39N5O/c1-4-27(5-2)22-13-16-29(19-22)24(25-3)26-18-23(30)28-14-11-21(12-15-28)17-20-9-7-6-8-10-20/h6-10,21-22H,4-5,11-19H2,1-3H3,(H,25,26). The van der Waals surface area contributed by atoms with Crippen molar-refractivity contribution in [2.24, 2.45) is 10.9 Å². The van der Waals surface area contributed by atoms with E-state index in [1.807, 2.05) is 11.9 Å². The number of guanidine groups is 1. The lowest BCUT2D eigenvalue weighted by Crippen LogP contribution is -2.48. The van der Waals surface area contributed by atoms with Crippen LogP contribution in [0.2, 0.25) is 0 Å². The smallest absolute Gasteiger partial charge is 0.241 e. The number of nitrogens with one attached hydrogen (secondary N) is 1. The molecule has 3 rings (SSSR count). The van der Waals surface area contributed by atoms with E-state index in [0.29, 0.717) is 18.5 Å². The third kappa shape index (κ3) is 5.97. The van der Waals surface area contributed by atoms with Crippen molar-refractivity contribution >= 4 is 11.9 Å². The molecule has 2 saturated heterocycles. The highest BCUT2D eigenvalue weighted by atomic mass is 16.2. The van der Waals surface area contributed by atoms with Gasteiger partial charge in [0.05, 0.1) is 6.54 Å². The van der Waals surface area contributed by atoms with E-state index >= 15 is 0 Å². The van der Waals surface area contributed by atoms with Crippen molar-refractivity contribution < 1.29 is 4.79 Å². The maximum atomic E-state index is 12.7. The van der Waals surface area contributed by atoms with Crippen molar-refractivity contribution in [2.75, 3.05) is 52.9 Å². The van der Waals surface area contributed by atoms with Gasteiger partial charge >= 0.3 is 0 Å². The molecule has 0 aliphatic carbocycles. The highest BCUT2D eigenvalue weighted by molar-refractivity contribution is 5.86. The minimum Gasteiger partial charge on any atom is -0.347 e. The van der Waals surface area contributed by atoms with Crippen LogP contribution in [0.25, 0.3) is 0 Å². The van der Waals surface area contributed by atoms with Crippen molar-refractivity contribution in [1.82, 2.24) is 20.0 Å². The van der Waals surface area contributed by atoms with Gasteiger partial charge in [0.15, 0.2) is 5.96 Å². The summed E-state index contributed by atoms with van der Waals surface area (Å²) in [6.45, 7) is 10.7. The van der Waals surface area contributed by atoms with Crippen LogP contribution in [0.1, 0.15) is 38.7 Å². The first-order chi connectivity index (χ1) is 14.6. The number of amides is 1. The summed E-state index contributed by atoms with van der Waals surface area (Å²) in [5.41, 5.74) is 1.40. The zero-order valence-corrected chi connectivity index (χ0v) is 19.0. The lowest BCUT2D eigenvalue weighted by Gasteiger charge is -2.32. The number of carbonyl (C=O) groups excluding carboxylic acids is 1.